The minimum Gasteiger partial charge on any atom is -0.467 e. The first-order valence-electron chi connectivity index (χ1n) is 12.3. The molecule has 34 heavy (non-hydrogen) atoms. The average molecular weight is 461 g/mol. The number of hydrogen-bond acceptors (Lipinski definition) is 6. The third-order valence-corrected chi connectivity index (χ3v) is 7.02. The van der Waals surface area contributed by atoms with Crippen LogP contribution in [0.1, 0.15) is 74.2 Å². The van der Waals surface area contributed by atoms with E-state index in [1.807, 2.05) is 35.9 Å². The molecule has 178 valence electrons. The van der Waals surface area contributed by atoms with Crippen LogP contribution in [0.15, 0.2) is 51.9 Å². The van der Waals surface area contributed by atoms with E-state index in [4.69, 9.17) is 4.42 Å². The number of benzene rings is 1. The quantitative estimate of drug-likeness (QED) is 0.387. The van der Waals surface area contributed by atoms with E-state index in [0.29, 0.717) is 19.1 Å². The molecule has 1 aliphatic carbocycles. The van der Waals surface area contributed by atoms with Gasteiger partial charge in [0.15, 0.2) is 5.82 Å². The predicted octanol–water partition coefficient (Wildman–Crippen LogP) is 4.75. The number of H-pyrrole nitrogens is 1. The highest BCUT2D eigenvalue weighted by molar-refractivity contribution is 5.81. The zero-order chi connectivity index (χ0) is 23.5. The Balaban J connectivity index is 1.52. The Bertz CT molecular complexity index is 1290. The van der Waals surface area contributed by atoms with E-state index in [1.54, 1.807) is 6.26 Å². The number of furan rings is 1. The van der Waals surface area contributed by atoms with Crippen LogP contribution in [-0.4, -0.2) is 36.1 Å². The minimum absolute atomic E-state index is 0.0183. The molecule has 0 amide bonds. The van der Waals surface area contributed by atoms with E-state index in [1.165, 1.54) is 12.8 Å². The first-order valence-corrected chi connectivity index (χ1v) is 12.3. The summed E-state index contributed by atoms with van der Waals surface area (Å²) in [7, 11) is 0. The van der Waals surface area contributed by atoms with Gasteiger partial charge in [0, 0.05) is 18.2 Å². The molecular weight excluding hydrogens is 428 g/mol. The van der Waals surface area contributed by atoms with E-state index in [0.717, 1.165) is 59.3 Å². The molecule has 4 aromatic rings. The van der Waals surface area contributed by atoms with Gasteiger partial charge in [-0.2, -0.15) is 0 Å². The summed E-state index contributed by atoms with van der Waals surface area (Å²) in [5, 5.41) is 13.8. The zero-order valence-corrected chi connectivity index (χ0v) is 19.9. The van der Waals surface area contributed by atoms with E-state index in [9.17, 15) is 4.79 Å². The molecule has 5 rings (SSSR count). The number of pyridine rings is 1. The summed E-state index contributed by atoms with van der Waals surface area (Å²) in [6.07, 6.45) is 8.26. The van der Waals surface area contributed by atoms with Crippen LogP contribution < -0.4 is 5.56 Å². The Morgan fingerprint density at radius 3 is 2.85 bits per heavy atom. The van der Waals surface area contributed by atoms with E-state index >= 15 is 0 Å². The Morgan fingerprint density at radius 1 is 1.24 bits per heavy atom. The topological polar surface area (TPSA) is 92.8 Å². The van der Waals surface area contributed by atoms with E-state index in [-0.39, 0.29) is 11.6 Å². The van der Waals surface area contributed by atoms with Crippen molar-refractivity contribution in [3.63, 3.8) is 0 Å². The van der Waals surface area contributed by atoms with Crippen LogP contribution >= 0.6 is 0 Å². The van der Waals surface area contributed by atoms with Gasteiger partial charge in [-0.25, -0.2) is 4.68 Å². The van der Waals surface area contributed by atoms with Gasteiger partial charge in [0.1, 0.15) is 12.3 Å². The van der Waals surface area contributed by atoms with Gasteiger partial charge in [-0.3, -0.25) is 9.69 Å². The Labute approximate surface area is 199 Å². The fraction of sp³-hybridized carbons (Fsp3) is 0.462. The first kappa shape index (κ1) is 22.5. The molecule has 8 heteroatoms. The summed E-state index contributed by atoms with van der Waals surface area (Å²) in [6, 6.07) is 12.4. The molecule has 0 aliphatic heterocycles. The van der Waals surface area contributed by atoms with Crippen molar-refractivity contribution < 1.29 is 4.42 Å². The van der Waals surface area contributed by atoms with Crippen LogP contribution in [0.3, 0.4) is 0 Å². The molecule has 1 atom stereocenters. The number of fused-ring (bicyclic) bond motifs is 1. The van der Waals surface area contributed by atoms with Gasteiger partial charge in [0.2, 0.25) is 0 Å². The number of para-hydroxylation sites is 1. The molecule has 0 saturated heterocycles. The van der Waals surface area contributed by atoms with Crippen molar-refractivity contribution in [3.8, 4) is 0 Å². The second-order valence-electron chi connectivity index (χ2n) is 9.35. The van der Waals surface area contributed by atoms with Gasteiger partial charge in [-0.15, -0.1) is 5.10 Å². The van der Waals surface area contributed by atoms with Crippen molar-refractivity contribution in [2.75, 3.05) is 0 Å². The van der Waals surface area contributed by atoms with Gasteiger partial charge in [-0.05, 0) is 65.8 Å². The first-order chi connectivity index (χ1) is 16.6. The number of aromatic nitrogens is 5. The van der Waals surface area contributed by atoms with E-state index < -0.39 is 0 Å². The molecule has 1 aliphatic rings. The summed E-state index contributed by atoms with van der Waals surface area (Å²) in [4.78, 5) is 18.7. The maximum absolute atomic E-state index is 13.1. The van der Waals surface area contributed by atoms with Crippen LogP contribution in [0, 0.1) is 6.92 Å². The highest BCUT2D eigenvalue weighted by Crippen LogP contribution is 2.34. The molecule has 0 unspecified atom stereocenters. The molecule has 8 nitrogen and oxygen atoms in total. The third kappa shape index (κ3) is 4.55. The molecule has 1 N–H and O–H groups in total. The SMILES string of the molecule is CCC[C@H](c1nnnn1Cc1ccco1)N(Cc1cc2cccc(C)c2[nH]c1=O)C1CCCC1. The minimum atomic E-state index is -0.0183. The molecule has 1 fully saturated rings. The Kier molecular flexibility index (Phi) is 6.58. The lowest BCUT2D eigenvalue weighted by Crippen LogP contribution is -2.39. The molecule has 0 bridgehead atoms. The number of aromatic amines is 1. The van der Waals surface area contributed by atoms with Crippen LogP contribution in [0.25, 0.3) is 10.9 Å². The number of aryl methyl sites for hydroxylation is 1. The highest BCUT2D eigenvalue weighted by Gasteiger charge is 2.33. The average Bonchev–Trinajstić information content (AvgIpc) is 3.61. The lowest BCUT2D eigenvalue weighted by Gasteiger charge is -2.35. The van der Waals surface area contributed by atoms with Crippen molar-refractivity contribution in [1.29, 1.82) is 0 Å². The molecule has 3 heterocycles. The number of nitrogens with zero attached hydrogens (tertiary/aromatic N) is 5. The zero-order valence-electron chi connectivity index (χ0n) is 19.9. The second kappa shape index (κ2) is 9.93. The largest absolute Gasteiger partial charge is 0.467 e. The van der Waals surface area contributed by atoms with Crippen molar-refractivity contribution in [1.82, 2.24) is 30.1 Å². The van der Waals surface area contributed by atoms with Gasteiger partial charge in [0.05, 0.1) is 17.8 Å². The summed E-state index contributed by atoms with van der Waals surface area (Å²) in [6.45, 7) is 5.27. The normalized spacial score (nSPS) is 15.5. The number of tetrazole rings is 1. The standard InChI is InChI=1S/C26H32N6O2/c1-3-8-23(25-28-29-30-32(25)17-22-13-7-14-34-22)31(21-11-4-5-12-21)16-20-15-19-10-6-9-18(2)24(19)27-26(20)33/h6-7,9-10,13-15,21,23H,3-5,8,11-12,16-17H2,1-2H3,(H,27,33)/t23-/m1/s1. The summed E-state index contributed by atoms with van der Waals surface area (Å²) >= 11 is 0. The number of nitrogens with one attached hydrogen (secondary N) is 1. The summed E-state index contributed by atoms with van der Waals surface area (Å²) in [5.74, 6) is 1.65. The Hall–Kier alpha value is -3.26. The number of rotatable bonds is 9. The van der Waals surface area contributed by atoms with Gasteiger partial charge >= 0.3 is 0 Å². The van der Waals surface area contributed by atoms with Crippen LogP contribution in [0.5, 0.6) is 0 Å². The maximum Gasteiger partial charge on any atom is 0.252 e. The summed E-state index contributed by atoms with van der Waals surface area (Å²) < 4.78 is 7.39. The van der Waals surface area contributed by atoms with Crippen molar-refractivity contribution in [2.24, 2.45) is 0 Å². The van der Waals surface area contributed by atoms with Gasteiger partial charge < -0.3 is 9.40 Å². The highest BCUT2D eigenvalue weighted by atomic mass is 16.3. The molecule has 1 aromatic carbocycles. The lowest BCUT2D eigenvalue weighted by molar-refractivity contribution is 0.108. The molecule has 1 saturated carbocycles. The van der Waals surface area contributed by atoms with Crippen molar-refractivity contribution in [3.05, 3.63) is 75.7 Å². The fourth-order valence-electron chi connectivity index (χ4n) is 5.30. The fourth-order valence-corrected chi connectivity index (χ4v) is 5.30. The Morgan fingerprint density at radius 2 is 2.09 bits per heavy atom. The van der Waals surface area contributed by atoms with Crippen LogP contribution in [-0.2, 0) is 13.1 Å². The second-order valence-corrected chi connectivity index (χ2v) is 9.35. The molecular formula is C26H32N6O2. The third-order valence-electron chi connectivity index (χ3n) is 7.02. The molecule has 0 radical (unpaired) electrons. The van der Waals surface area contributed by atoms with Crippen LogP contribution in [0.4, 0.5) is 0 Å². The monoisotopic (exact) mass is 460 g/mol. The number of hydrogen-bond donors (Lipinski definition) is 1. The van der Waals surface area contributed by atoms with Gasteiger partial charge in [0.25, 0.3) is 5.56 Å². The van der Waals surface area contributed by atoms with Crippen molar-refractivity contribution in [2.45, 2.75) is 77.5 Å². The predicted molar refractivity (Wildman–Crippen MR) is 130 cm³/mol. The van der Waals surface area contributed by atoms with E-state index in [2.05, 4.69) is 44.5 Å². The lowest BCUT2D eigenvalue weighted by atomic mass is 10.0. The van der Waals surface area contributed by atoms with Gasteiger partial charge in [-0.1, -0.05) is 44.4 Å². The molecule has 3 aromatic heterocycles. The maximum atomic E-state index is 13.1. The van der Waals surface area contributed by atoms with Crippen molar-refractivity contribution >= 4 is 10.9 Å². The molecule has 0 spiro atoms. The van der Waals surface area contributed by atoms with Crippen LogP contribution in [0.2, 0.25) is 0 Å². The smallest absolute Gasteiger partial charge is 0.252 e. The summed E-state index contributed by atoms with van der Waals surface area (Å²) in [5.41, 5.74) is 2.76.